The smallest absolute Gasteiger partial charge is 0.000988 e. The number of piperidine rings is 1. The Bertz CT molecular complexity index is 181. The fourth-order valence-corrected chi connectivity index (χ4v) is 2.78. The van der Waals surface area contributed by atoms with Crippen LogP contribution in [-0.2, 0) is 0 Å². The number of allylic oxidation sites excluding steroid dienone is 1. The molecule has 0 aromatic rings. The van der Waals surface area contributed by atoms with E-state index in [9.17, 15) is 0 Å². The molecule has 0 atom stereocenters. The second-order valence-electron chi connectivity index (χ2n) is 5.05. The first-order chi connectivity index (χ1) is 6.84. The zero-order valence-corrected chi connectivity index (χ0v) is 9.30. The van der Waals surface area contributed by atoms with Gasteiger partial charge in [0.25, 0.3) is 0 Å². The Morgan fingerprint density at radius 1 is 1.07 bits per heavy atom. The second-order valence-corrected chi connectivity index (χ2v) is 5.05. The van der Waals surface area contributed by atoms with Crippen LogP contribution in [0.2, 0.25) is 0 Å². The normalized spacial score (nSPS) is 26.7. The van der Waals surface area contributed by atoms with Crippen LogP contribution < -0.4 is 0 Å². The first-order valence-electron chi connectivity index (χ1n) is 6.23. The first kappa shape index (κ1) is 10.2. The van der Waals surface area contributed by atoms with E-state index >= 15 is 0 Å². The maximum absolute atomic E-state index is 4.08. The molecule has 2 fully saturated rings. The molecule has 0 aromatic carbocycles. The molecule has 2 aliphatic rings. The standard InChI is InChI=1S/C13H23N/c1-12-5-7-13(8-6-12)11-14-9-3-2-4-10-14/h13H,1-11H2. The molecule has 0 unspecified atom stereocenters. The lowest BCUT2D eigenvalue weighted by Gasteiger charge is -2.32. The minimum Gasteiger partial charge on any atom is -0.303 e. The van der Waals surface area contributed by atoms with Crippen molar-refractivity contribution in [3.05, 3.63) is 12.2 Å². The predicted octanol–water partition coefficient (Wildman–Crippen LogP) is 3.22. The first-order valence-corrected chi connectivity index (χ1v) is 6.23. The Morgan fingerprint density at radius 3 is 2.36 bits per heavy atom. The fourth-order valence-electron chi connectivity index (χ4n) is 2.78. The number of rotatable bonds is 2. The predicted molar refractivity (Wildman–Crippen MR) is 61.4 cm³/mol. The van der Waals surface area contributed by atoms with Gasteiger partial charge in [0.1, 0.15) is 0 Å². The highest BCUT2D eigenvalue weighted by atomic mass is 15.1. The molecule has 1 aliphatic heterocycles. The maximum atomic E-state index is 4.08. The van der Waals surface area contributed by atoms with Gasteiger partial charge in [-0.05, 0) is 57.5 Å². The van der Waals surface area contributed by atoms with E-state index in [1.807, 2.05) is 0 Å². The molecule has 0 bridgehead atoms. The van der Waals surface area contributed by atoms with E-state index < -0.39 is 0 Å². The molecule has 2 rings (SSSR count). The van der Waals surface area contributed by atoms with Gasteiger partial charge in [-0.1, -0.05) is 18.6 Å². The summed E-state index contributed by atoms with van der Waals surface area (Å²) < 4.78 is 0. The molecule has 1 aliphatic carbocycles. The van der Waals surface area contributed by atoms with Crippen molar-refractivity contribution in [2.75, 3.05) is 19.6 Å². The summed E-state index contributed by atoms with van der Waals surface area (Å²) in [5.74, 6) is 0.971. The second kappa shape index (κ2) is 4.97. The van der Waals surface area contributed by atoms with Gasteiger partial charge in [-0.3, -0.25) is 0 Å². The van der Waals surface area contributed by atoms with Crippen molar-refractivity contribution in [1.29, 1.82) is 0 Å². The molecule has 1 saturated heterocycles. The lowest BCUT2D eigenvalue weighted by Crippen LogP contribution is -2.34. The molecule has 1 nitrogen and oxygen atoms in total. The SMILES string of the molecule is C=C1CCC(CN2CCCCC2)CC1. The third-order valence-electron chi connectivity index (χ3n) is 3.78. The van der Waals surface area contributed by atoms with E-state index in [4.69, 9.17) is 0 Å². The summed E-state index contributed by atoms with van der Waals surface area (Å²) in [6, 6.07) is 0. The number of hydrogen-bond donors (Lipinski definition) is 0. The van der Waals surface area contributed by atoms with Gasteiger partial charge in [0, 0.05) is 6.54 Å². The molecule has 14 heavy (non-hydrogen) atoms. The van der Waals surface area contributed by atoms with Crippen LogP contribution in [0.5, 0.6) is 0 Å². The van der Waals surface area contributed by atoms with Gasteiger partial charge in [-0.2, -0.15) is 0 Å². The molecular formula is C13H23N. The quantitative estimate of drug-likeness (QED) is 0.609. The zero-order valence-electron chi connectivity index (χ0n) is 9.30. The van der Waals surface area contributed by atoms with Crippen molar-refractivity contribution < 1.29 is 0 Å². The lowest BCUT2D eigenvalue weighted by molar-refractivity contribution is 0.181. The van der Waals surface area contributed by atoms with Crippen molar-refractivity contribution in [3.63, 3.8) is 0 Å². The van der Waals surface area contributed by atoms with Crippen LogP contribution >= 0.6 is 0 Å². The van der Waals surface area contributed by atoms with E-state index in [0.29, 0.717) is 0 Å². The van der Waals surface area contributed by atoms with E-state index in [-0.39, 0.29) is 0 Å². The fraction of sp³-hybridized carbons (Fsp3) is 0.846. The average molecular weight is 193 g/mol. The molecule has 1 heterocycles. The zero-order chi connectivity index (χ0) is 9.80. The lowest BCUT2D eigenvalue weighted by atomic mass is 9.86. The Hall–Kier alpha value is -0.300. The molecule has 1 heteroatoms. The van der Waals surface area contributed by atoms with Crippen LogP contribution in [0, 0.1) is 5.92 Å². The van der Waals surface area contributed by atoms with Crippen molar-refractivity contribution in [2.24, 2.45) is 5.92 Å². The van der Waals surface area contributed by atoms with Gasteiger partial charge in [-0.25, -0.2) is 0 Å². The summed E-state index contributed by atoms with van der Waals surface area (Å²) in [4.78, 5) is 2.68. The van der Waals surface area contributed by atoms with Gasteiger partial charge in [-0.15, -0.1) is 0 Å². The van der Waals surface area contributed by atoms with Crippen LogP contribution in [0.4, 0.5) is 0 Å². The monoisotopic (exact) mass is 193 g/mol. The highest BCUT2D eigenvalue weighted by Crippen LogP contribution is 2.28. The van der Waals surface area contributed by atoms with Gasteiger partial charge in [0.2, 0.25) is 0 Å². The van der Waals surface area contributed by atoms with Crippen LogP contribution in [0.1, 0.15) is 44.9 Å². The third-order valence-corrected chi connectivity index (χ3v) is 3.78. The summed E-state index contributed by atoms with van der Waals surface area (Å²) in [7, 11) is 0. The molecule has 0 amide bonds. The van der Waals surface area contributed by atoms with Crippen molar-refractivity contribution in [2.45, 2.75) is 44.9 Å². The average Bonchev–Trinajstić information content (AvgIpc) is 2.23. The Balaban J connectivity index is 1.71. The molecular weight excluding hydrogens is 170 g/mol. The number of hydrogen-bond acceptors (Lipinski definition) is 1. The third kappa shape index (κ3) is 2.84. The molecule has 0 N–H and O–H groups in total. The summed E-state index contributed by atoms with van der Waals surface area (Å²) in [5.41, 5.74) is 1.49. The van der Waals surface area contributed by atoms with Crippen molar-refractivity contribution in [1.82, 2.24) is 4.90 Å². The molecule has 1 saturated carbocycles. The summed E-state index contributed by atoms with van der Waals surface area (Å²) in [6.45, 7) is 8.17. The molecule has 0 aromatic heterocycles. The highest BCUT2D eigenvalue weighted by Gasteiger charge is 2.19. The highest BCUT2D eigenvalue weighted by molar-refractivity contribution is 4.98. The van der Waals surface area contributed by atoms with Gasteiger partial charge in [0.05, 0.1) is 0 Å². The molecule has 80 valence electrons. The largest absolute Gasteiger partial charge is 0.303 e. The topological polar surface area (TPSA) is 3.24 Å². The summed E-state index contributed by atoms with van der Waals surface area (Å²) in [5, 5.41) is 0. The number of nitrogens with zero attached hydrogens (tertiary/aromatic N) is 1. The van der Waals surface area contributed by atoms with Crippen molar-refractivity contribution in [3.8, 4) is 0 Å². The van der Waals surface area contributed by atoms with E-state index in [2.05, 4.69) is 11.5 Å². The van der Waals surface area contributed by atoms with Crippen LogP contribution in [0.15, 0.2) is 12.2 Å². The van der Waals surface area contributed by atoms with Gasteiger partial charge >= 0.3 is 0 Å². The van der Waals surface area contributed by atoms with E-state index in [0.717, 1.165) is 5.92 Å². The van der Waals surface area contributed by atoms with Gasteiger partial charge < -0.3 is 4.90 Å². The summed E-state index contributed by atoms with van der Waals surface area (Å²) >= 11 is 0. The van der Waals surface area contributed by atoms with E-state index in [1.54, 1.807) is 0 Å². The van der Waals surface area contributed by atoms with Crippen LogP contribution in [0.25, 0.3) is 0 Å². The Morgan fingerprint density at radius 2 is 1.71 bits per heavy atom. The maximum Gasteiger partial charge on any atom is 0.000988 e. The van der Waals surface area contributed by atoms with Crippen LogP contribution in [-0.4, -0.2) is 24.5 Å². The Kier molecular flexibility index (Phi) is 3.63. The Labute approximate surface area is 88.2 Å². The summed E-state index contributed by atoms with van der Waals surface area (Å²) in [6.07, 6.45) is 9.69. The molecule has 0 spiro atoms. The van der Waals surface area contributed by atoms with E-state index in [1.165, 1.54) is 70.2 Å². The van der Waals surface area contributed by atoms with Crippen LogP contribution in [0.3, 0.4) is 0 Å². The van der Waals surface area contributed by atoms with Crippen molar-refractivity contribution >= 4 is 0 Å². The number of likely N-dealkylation sites (tertiary alicyclic amines) is 1. The minimum atomic E-state index is 0.971. The molecule has 0 radical (unpaired) electrons. The minimum absolute atomic E-state index is 0.971. The van der Waals surface area contributed by atoms with Gasteiger partial charge in [0.15, 0.2) is 0 Å².